The van der Waals surface area contributed by atoms with Gasteiger partial charge in [-0.1, -0.05) is 51.0 Å². The first kappa shape index (κ1) is 46.0. The Bertz CT molecular complexity index is 2290. The number of ether oxygens (including phenoxy) is 8. The summed E-state index contributed by atoms with van der Waals surface area (Å²) in [4.78, 5) is 36.9. The van der Waals surface area contributed by atoms with Crippen molar-refractivity contribution in [3.63, 3.8) is 0 Å². The van der Waals surface area contributed by atoms with Crippen LogP contribution in [0.2, 0.25) is 0 Å². The first-order valence-electron chi connectivity index (χ1n) is 21.5. The van der Waals surface area contributed by atoms with Crippen molar-refractivity contribution in [1.82, 2.24) is 9.97 Å². The average molecular weight is 859 g/mol. The molecule has 12 heteroatoms. The van der Waals surface area contributed by atoms with E-state index in [2.05, 4.69) is 9.97 Å². The number of aromatic nitrogens is 2. The van der Waals surface area contributed by atoms with Crippen molar-refractivity contribution >= 4 is 33.7 Å². The first-order valence-corrected chi connectivity index (χ1v) is 21.5. The van der Waals surface area contributed by atoms with Crippen molar-refractivity contribution in [2.24, 2.45) is 5.41 Å². The standard InChI is InChI=1S/C51H58N2O10/c1-9-23-51(24-10-2,49(54)60-29-35-11-15-39(16-12-35)58-31-37-27-52-45-21-19-41(56-7)25-43(45)47(37)62-33(3)4)50(55)61-30-36-13-17-40(18-14-36)59-32-38-28-53-46-22-20-42(57-8)26-44(46)48(38)63-34(5)6/h11-22,25-28,33-34H,9-10,23-24,29-32H2,1-8H3. The highest BCUT2D eigenvalue weighted by Gasteiger charge is 2.47. The Balaban J connectivity index is 1.05. The molecule has 63 heavy (non-hydrogen) atoms. The third kappa shape index (κ3) is 11.5. The summed E-state index contributed by atoms with van der Waals surface area (Å²) in [6, 6.07) is 25.9. The number of carbonyl (C=O) groups excluding carboxylic acids is 2. The predicted octanol–water partition coefficient (Wildman–Crippen LogP) is 10.9. The van der Waals surface area contributed by atoms with Crippen LogP contribution in [0.1, 0.15) is 89.5 Å². The molecule has 0 aliphatic carbocycles. The Kier molecular flexibility index (Phi) is 15.7. The van der Waals surface area contributed by atoms with Gasteiger partial charge < -0.3 is 37.9 Å². The molecule has 12 nitrogen and oxygen atoms in total. The molecule has 0 amide bonds. The zero-order chi connectivity index (χ0) is 44.9. The number of fused-ring (bicyclic) bond motifs is 2. The maximum absolute atomic E-state index is 13.9. The van der Waals surface area contributed by atoms with Gasteiger partial charge in [0, 0.05) is 23.2 Å². The molecule has 0 saturated carbocycles. The van der Waals surface area contributed by atoms with E-state index in [9.17, 15) is 9.59 Å². The van der Waals surface area contributed by atoms with Gasteiger partial charge in [-0.2, -0.15) is 0 Å². The Morgan fingerprint density at radius 1 is 0.540 bits per heavy atom. The van der Waals surface area contributed by atoms with Crippen LogP contribution in [0.15, 0.2) is 97.3 Å². The molecule has 0 saturated heterocycles. The predicted molar refractivity (Wildman–Crippen MR) is 242 cm³/mol. The highest BCUT2D eigenvalue weighted by atomic mass is 16.6. The van der Waals surface area contributed by atoms with Crippen LogP contribution in [-0.4, -0.2) is 48.3 Å². The van der Waals surface area contributed by atoms with Crippen LogP contribution < -0.4 is 28.4 Å². The molecule has 0 atom stereocenters. The zero-order valence-electron chi connectivity index (χ0n) is 37.5. The van der Waals surface area contributed by atoms with Crippen molar-refractivity contribution in [3.05, 3.63) is 120 Å². The van der Waals surface area contributed by atoms with Gasteiger partial charge in [0.1, 0.15) is 60.9 Å². The molecule has 0 spiro atoms. The van der Waals surface area contributed by atoms with Gasteiger partial charge in [0.25, 0.3) is 0 Å². The number of pyridine rings is 2. The fraction of sp³-hybridized carbons (Fsp3) is 0.373. The molecule has 0 aliphatic heterocycles. The molecule has 2 heterocycles. The van der Waals surface area contributed by atoms with Gasteiger partial charge in [-0.15, -0.1) is 0 Å². The summed E-state index contributed by atoms with van der Waals surface area (Å²) in [5.41, 5.74) is 3.24. The molecule has 0 bridgehead atoms. The summed E-state index contributed by atoms with van der Waals surface area (Å²) >= 11 is 0. The van der Waals surface area contributed by atoms with Crippen molar-refractivity contribution in [2.45, 2.75) is 106 Å². The average Bonchev–Trinajstić information content (AvgIpc) is 3.29. The molecular weight excluding hydrogens is 801 g/mol. The molecule has 2 aromatic heterocycles. The lowest BCUT2D eigenvalue weighted by molar-refractivity contribution is -0.175. The molecule has 0 fully saturated rings. The highest BCUT2D eigenvalue weighted by molar-refractivity contribution is 6.00. The minimum atomic E-state index is -1.43. The number of hydrogen-bond donors (Lipinski definition) is 0. The summed E-state index contributed by atoms with van der Waals surface area (Å²) in [6.07, 6.45) is 5.20. The van der Waals surface area contributed by atoms with E-state index in [0.717, 1.165) is 44.1 Å². The maximum Gasteiger partial charge on any atom is 0.323 e. The molecule has 0 radical (unpaired) electrons. The van der Waals surface area contributed by atoms with E-state index in [1.165, 1.54) is 0 Å². The number of methoxy groups -OCH3 is 2. The van der Waals surface area contributed by atoms with Gasteiger partial charge in [0.15, 0.2) is 5.41 Å². The van der Waals surface area contributed by atoms with E-state index in [0.29, 0.717) is 60.2 Å². The van der Waals surface area contributed by atoms with Crippen molar-refractivity contribution < 1.29 is 47.5 Å². The van der Waals surface area contributed by atoms with Gasteiger partial charge in [0.05, 0.1) is 48.6 Å². The third-order valence-corrected chi connectivity index (χ3v) is 10.4. The largest absolute Gasteiger partial charge is 0.497 e. The lowest BCUT2D eigenvalue weighted by atomic mass is 9.79. The molecule has 4 aromatic carbocycles. The Labute approximate surface area is 369 Å². The van der Waals surface area contributed by atoms with Crippen molar-refractivity contribution in [2.75, 3.05) is 14.2 Å². The van der Waals surface area contributed by atoms with E-state index in [1.807, 2.05) is 126 Å². The first-order chi connectivity index (χ1) is 30.5. The summed E-state index contributed by atoms with van der Waals surface area (Å²) in [5, 5.41) is 1.68. The summed E-state index contributed by atoms with van der Waals surface area (Å²) in [5.74, 6) is 2.86. The maximum atomic E-state index is 13.9. The van der Waals surface area contributed by atoms with Crippen LogP contribution in [0.3, 0.4) is 0 Å². The number of esters is 2. The van der Waals surface area contributed by atoms with Crippen molar-refractivity contribution in [3.8, 4) is 34.5 Å². The topological polar surface area (TPSA) is 134 Å². The van der Waals surface area contributed by atoms with Crippen molar-refractivity contribution in [1.29, 1.82) is 0 Å². The van der Waals surface area contributed by atoms with Gasteiger partial charge in [-0.3, -0.25) is 19.6 Å². The second-order valence-electron chi connectivity index (χ2n) is 15.9. The number of rotatable bonds is 22. The molecule has 332 valence electrons. The number of carbonyl (C=O) groups is 2. The third-order valence-electron chi connectivity index (χ3n) is 10.4. The smallest absolute Gasteiger partial charge is 0.323 e. The second-order valence-corrected chi connectivity index (χ2v) is 15.9. The Morgan fingerprint density at radius 3 is 1.27 bits per heavy atom. The molecular formula is C51H58N2O10. The lowest BCUT2D eigenvalue weighted by Gasteiger charge is -2.29. The van der Waals surface area contributed by atoms with Gasteiger partial charge in [-0.05, 0) is 112 Å². The van der Waals surface area contributed by atoms with Gasteiger partial charge >= 0.3 is 11.9 Å². The SMILES string of the molecule is CCCC(CCC)(C(=O)OCc1ccc(OCc2cnc3ccc(OC)cc3c2OC(C)C)cc1)C(=O)OCc1ccc(OCc2cnc3ccc(OC)cc3c2OC(C)C)cc1. The summed E-state index contributed by atoms with van der Waals surface area (Å²) in [6.45, 7) is 12.2. The van der Waals surface area contributed by atoms with Gasteiger partial charge in [-0.25, -0.2) is 0 Å². The van der Waals surface area contributed by atoms with Crippen LogP contribution in [0.5, 0.6) is 34.5 Å². The Hall–Kier alpha value is -6.56. The molecule has 0 N–H and O–H groups in total. The minimum absolute atomic E-state index is 0.0135. The fourth-order valence-electron chi connectivity index (χ4n) is 7.32. The van der Waals surface area contributed by atoms with E-state index in [4.69, 9.17) is 37.9 Å². The Morgan fingerprint density at radius 2 is 0.921 bits per heavy atom. The summed E-state index contributed by atoms with van der Waals surface area (Å²) in [7, 11) is 3.25. The van der Waals surface area contributed by atoms with E-state index in [1.54, 1.807) is 26.6 Å². The van der Waals surface area contributed by atoms with E-state index >= 15 is 0 Å². The van der Waals surface area contributed by atoms with Crippen LogP contribution in [0.25, 0.3) is 21.8 Å². The van der Waals surface area contributed by atoms with E-state index in [-0.39, 0.29) is 38.6 Å². The number of nitrogens with zero attached hydrogens (tertiary/aromatic N) is 2. The normalized spacial score (nSPS) is 11.5. The quantitative estimate of drug-likeness (QED) is 0.0475. The van der Waals surface area contributed by atoms with Gasteiger partial charge in [0.2, 0.25) is 0 Å². The fourth-order valence-corrected chi connectivity index (χ4v) is 7.32. The second kappa shape index (κ2) is 21.5. The minimum Gasteiger partial charge on any atom is -0.497 e. The molecule has 0 unspecified atom stereocenters. The van der Waals surface area contributed by atoms with Crippen LogP contribution in [0.4, 0.5) is 0 Å². The summed E-state index contributed by atoms with van der Waals surface area (Å²) < 4.78 is 47.3. The highest BCUT2D eigenvalue weighted by Crippen LogP contribution is 2.36. The molecule has 6 rings (SSSR count). The number of hydrogen-bond acceptors (Lipinski definition) is 12. The molecule has 6 aromatic rings. The van der Waals surface area contributed by atoms with Crippen LogP contribution in [-0.2, 0) is 45.5 Å². The monoisotopic (exact) mass is 858 g/mol. The lowest BCUT2D eigenvalue weighted by Crippen LogP contribution is -2.42. The van der Waals surface area contributed by atoms with E-state index < -0.39 is 17.4 Å². The molecule has 0 aliphatic rings. The van der Waals surface area contributed by atoms with Crippen LogP contribution in [0, 0.1) is 5.41 Å². The zero-order valence-corrected chi connectivity index (χ0v) is 37.5. The van der Waals surface area contributed by atoms with Crippen LogP contribution >= 0.6 is 0 Å². The number of benzene rings is 4.